The number of rotatable bonds is 1. The Morgan fingerprint density at radius 2 is 1.93 bits per heavy atom. The monoisotopic (exact) mass is 260 g/mol. The average molecular weight is 261 g/mol. The van der Waals surface area contributed by atoms with Crippen LogP contribution in [-0.4, -0.2) is 22.3 Å². The smallest absolute Gasteiger partial charge is 0.238 e. The van der Waals surface area contributed by atoms with Gasteiger partial charge in [-0.1, -0.05) is 6.92 Å². The van der Waals surface area contributed by atoms with Gasteiger partial charge in [0.2, 0.25) is 10.6 Å². The first-order chi connectivity index (χ1) is 6.59. The lowest BCUT2D eigenvalue weighted by Crippen LogP contribution is -2.15. The van der Waals surface area contributed by atoms with Crippen LogP contribution in [0.1, 0.15) is 32.6 Å². The van der Waals surface area contributed by atoms with Gasteiger partial charge in [0.25, 0.3) is 0 Å². The van der Waals surface area contributed by atoms with Gasteiger partial charge < -0.3 is 9.26 Å². The van der Waals surface area contributed by atoms with E-state index in [2.05, 4.69) is 39.9 Å². The van der Waals surface area contributed by atoms with Gasteiger partial charge in [0.05, 0.1) is 18.1 Å². The second-order valence-electron chi connectivity index (χ2n) is 3.83. The number of hydrogen-bond acceptors (Lipinski definition) is 4. The van der Waals surface area contributed by atoms with Crippen molar-refractivity contribution in [3.63, 3.8) is 0 Å². The van der Waals surface area contributed by atoms with Gasteiger partial charge in [0.1, 0.15) is 0 Å². The fourth-order valence-electron chi connectivity index (χ4n) is 2.04. The molecule has 1 aromatic heterocycles. The normalized spacial score (nSPS) is 37.7. The van der Waals surface area contributed by atoms with E-state index < -0.39 is 0 Å². The quantitative estimate of drug-likeness (QED) is 0.778. The molecule has 0 N–H and O–H groups in total. The van der Waals surface area contributed by atoms with Crippen molar-refractivity contribution in [2.75, 3.05) is 0 Å². The molecule has 1 saturated heterocycles. The lowest BCUT2D eigenvalue weighted by Gasteiger charge is -2.12. The highest BCUT2D eigenvalue weighted by molar-refractivity contribution is 9.10. The molecule has 1 aliphatic rings. The molecule has 0 saturated carbocycles. The van der Waals surface area contributed by atoms with Gasteiger partial charge >= 0.3 is 0 Å². The minimum atomic E-state index is 0.146. The fourth-order valence-corrected chi connectivity index (χ4v) is 2.29. The third kappa shape index (κ3) is 1.59. The van der Waals surface area contributed by atoms with Gasteiger partial charge in [0.15, 0.2) is 0 Å². The van der Waals surface area contributed by atoms with Crippen LogP contribution >= 0.6 is 15.9 Å². The van der Waals surface area contributed by atoms with E-state index in [1.165, 1.54) is 0 Å². The summed E-state index contributed by atoms with van der Waals surface area (Å²) in [5, 5.41) is 3.73. The number of ether oxygens (including phenoxy) is 1. The Balaban J connectivity index is 2.25. The SMILES string of the molecule is CC1OC(C)C(c2nc(Br)no2)C1C. The number of hydrogen-bond donors (Lipinski definition) is 0. The van der Waals surface area contributed by atoms with E-state index >= 15 is 0 Å². The van der Waals surface area contributed by atoms with Crippen molar-refractivity contribution in [1.82, 2.24) is 10.1 Å². The summed E-state index contributed by atoms with van der Waals surface area (Å²) >= 11 is 3.18. The summed E-state index contributed by atoms with van der Waals surface area (Å²) in [4.78, 5) is 4.19. The zero-order valence-electron chi connectivity index (χ0n) is 8.40. The molecule has 1 aliphatic heterocycles. The van der Waals surface area contributed by atoms with Gasteiger partial charge in [-0.25, -0.2) is 0 Å². The standard InChI is InChI=1S/C9H13BrN2O2/c1-4-5(2)13-6(3)7(4)8-11-9(10)12-14-8/h4-7H,1-3H3. The summed E-state index contributed by atoms with van der Waals surface area (Å²) in [6, 6.07) is 0. The molecular formula is C9H13BrN2O2. The average Bonchev–Trinajstić information content (AvgIpc) is 2.60. The second-order valence-corrected chi connectivity index (χ2v) is 4.54. The Labute approximate surface area is 91.1 Å². The highest BCUT2D eigenvalue weighted by Gasteiger charge is 2.41. The van der Waals surface area contributed by atoms with Crippen molar-refractivity contribution in [2.45, 2.75) is 38.9 Å². The number of halogens is 1. The van der Waals surface area contributed by atoms with E-state index in [9.17, 15) is 0 Å². The van der Waals surface area contributed by atoms with Crippen LogP contribution in [0, 0.1) is 5.92 Å². The lowest BCUT2D eigenvalue weighted by atomic mass is 9.89. The third-order valence-corrected chi connectivity index (χ3v) is 3.27. The Kier molecular flexibility index (Phi) is 2.62. The summed E-state index contributed by atoms with van der Waals surface area (Å²) in [5.74, 6) is 1.29. The maximum absolute atomic E-state index is 5.71. The third-order valence-electron chi connectivity index (χ3n) is 2.94. The highest BCUT2D eigenvalue weighted by atomic mass is 79.9. The topological polar surface area (TPSA) is 48.2 Å². The van der Waals surface area contributed by atoms with E-state index in [1.807, 2.05) is 6.92 Å². The molecule has 1 aromatic rings. The first kappa shape index (κ1) is 10.1. The van der Waals surface area contributed by atoms with Crippen LogP contribution in [0.2, 0.25) is 0 Å². The van der Waals surface area contributed by atoms with Crippen LogP contribution in [0.4, 0.5) is 0 Å². The predicted molar refractivity (Wildman–Crippen MR) is 53.9 cm³/mol. The molecule has 4 unspecified atom stereocenters. The maximum atomic E-state index is 5.71. The molecule has 0 radical (unpaired) electrons. The van der Waals surface area contributed by atoms with Crippen LogP contribution in [0.25, 0.3) is 0 Å². The Hall–Kier alpha value is -0.420. The molecule has 2 heterocycles. The summed E-state index contributed by atoms with van der Waals surface area (Å²) in [5.41, 5.74) is 0. The maximum Gasteiger partial charge on any atom is 0.238 e. The minimum Gasteiger partial charge on any atom is -0.374 e. The summed E-state index contributed by atoms with van der Waals surface area (Å²) in [6.45, 7) is 6.27. The van der Waals surface area contributed by atoms with E-state index in [1.54, 1.807) is 0 Å². The van der Waals surface area contributed by atoms with Crippen LogP contribution in [0.15, 0.2) is 9.26 Å². The minimum absolute atomic E-state index is 0.146. The first-order valence-electron chi connectivity index (χ1n) is 4.74. The van der Waals surface area contributed by atoms with Crippen molar-refractivity contribution in [3.05, 3.63) is 10.6 Å². The molecule has 78 valence electrons. The second kappa shape index (κ2) is 3.62. The van der Waals surface area contributed by atoms with Crippen LogP contribution in [0.5, 0.6) is 0 Å². The van der Waals surface area contributed by atoms with E-state index in [4.69, 9.17) is 9.26 Å². The highest BCUT2D eigenvalue weighted by Crippen LogP contribution is 2.39. The van der Waals surface area contributed by atoms with E-state index in [-0.39, 0.29) is 18.1 Å². The summed E-state index contributed by atoms with van der Waals surface area (Å²) in [7, 11) is 0. The van der Waals surface area contributed by atoms with E-state index in [0.29, 0.717) is 16.5 Å². The van der Waals surface area contributed by atoms with Gasteiger partial charge in [-0.05, 0) is 40.9 Å². The lowest BCUT2D eigenvalue weighted by molar-refractivity contribution is 0.0542. The molecule has 1 fully saturated rings. The number of nitrogens with zero attached hydrogens (tertiary/aromatic N) is 2. The van der Waals surface area contributed by atoms with Gasteiger partial charge in [0, 0.05) is 0 Å². The van der Waals surface area contributed by atoms with Crippen molar-refractivity contribution in [2.24, 2.45) is 5.92 Å². The molecular weight excluding hydrogens is 248 g/mol. The van der Waals surface area contributed by atoms with Gasteiger partial charge in [-0.2, -0.15) is 4.98 Å². The Morgan fingerprint density at radius 1 is 1.21 bits per heavy atom. The van der Waals surface area contributed by atoms with Gasteiger partial charge in [-0.3, -0.25) is 0 Å². The van der Waals surface area contributed by atoms with Crippen molar-refractivity contribution in [3.8, 4) is 0 Å². The molecule has 4 nitrogen and oxygen atoms in total. The molecule has 0 bridgehead atoms. The van der Waals surface area contributed by atoms with Crippen molar-refractivity contribution < 1.29 is 9.26 Å². The molecule has 0 aliphatic carbocycles. The molecule has 0 aromatic carbocycles. The molecule has 4 atom stereocenters. The molecule has 0 amide bonds. The summed E-state index contributed by atoms with van der Waals surface area (Å²) < 4.78 is 11.4. The van der Waals surface area contributed by atoms with E-state index in [0.717, 1.165) is 0 Å². The fraction of sp³-hybridized carbons (Fsp3) is 0.778. The zero-order chi connectivity index (χ0) is 10.3. The van der Waals surface area contributed by atoms with Gasteiger partial charge in [-0.15, -0.1) is 0 Å². The van der Waals surface area contributed by atoms with Crippen LogP contribution in [-0.2, 0) is 4.74 Å². The Morgan fingerprint density at radius 3 is 2.36 bits per heavy atom. The molecule has 14 heavy (non-hydrogen) atoms. The molecule has 2 rings (SSSR count). The largest absolute Gasteiger partial charge is 0.374 e. The molecule has 0 spiro atoms. The summed E-state index contributed by atoms with van der Waals surface area (Å²) in [6.07, 6.45) is 0.396. The predicted octanol–water partition coefficient (Wildman–Crippen LogP) is 2.36. The first-order valence-corrected chi connectivity index (χ1v) is 5.53. The molecule has 5 heteroatoms. The van der Waals surface area contributed by atoms with Crippen molar-refractivity contribution >= 4 is 15.9 Å². The number of aromatic nitrogens is 2. The zero-order valence-corrected chi connectivity index (χ0v) is 9.98. The van der Waals surface area contributed by atoms with Crippen molar-refractivity contribution in [1.29, 1.82) is 0 Å². The van der Waals surface area contributed by atoms with Crippen LogP contribution < -0.4 is 0 Å². The Bertz CT molecular complexity index is 328. The van der Waals surface area contributed by atoms with Crippen LogP contribution in [0.3, 0.4) is 0 Å².